The van der Waals surface area contributed by atoms with Crippen LogP contribution in [0.3, 0.4) is 0 Å². The number of hydrogen-bond acceptors (Lipinski definition) is 5. The first kappa shape index (κ1) is 18.0. The molecule has 8 heteroatoms. The van der Waals surface area contributed by atoms with Crippen molar-refractivity contribution in [2.45, 2.75) is 13.3 Å². The van der Waals surface area contributed by atoms with Crippen LogP contribution in [0.15, 0.2) is 30.0 Å². The van der Waals surface area contributed by atoms with Crippen molar-refractivity contribution >= 4 is 35.0 Å². The fourth-order valence-corrected chi connectivity index (χ4v) is 2.38. The molecule has 0 radical (unpaired) electrons. The van der Waals surface area contributed by atoms with E-state index in [9.17, 15) is 14.4 Å². The highest BCUT2D eigenvalue weighted by Gasteiger charge is 2.30. The average Bonchev–Trinajstić information content (AvgIpc) is 2.82. The van der Waals surface area contributed by atoms with Crippen LogP contribution in [0.5, 0.6) is 0 Å². The van der Waals surface area contributed by atoms with Crippen molar-refractivity contribution in [3.8, 4) is 0 Å². The number of nitrogens with zero attached hydrogens (tertiary/aromatic N) is 1. The van der Waals surface area contributed by atoms with Crippen molar-refractivity contribution in [3.63, 3.8) is 0 Å². The lowest BCUT2D eigenvalue weighted by molar-refractivity contribution is -0.137. The molecule has 0 spiro atoms. The van der Waals surface area contributed by atoms with Gasteiger partial charge in [0.1, 0.15) is 5.70 Å². The monoisotopic (exact) mass is 351 g/mol. The summed E-state index contributed by atoms with van der Waals surface area (Å²) in [4.78, 5) is 36.8. The van der Waals surface area contributed by atoms with Crippen LogP contribution in [0.2, 0.25) is 5.02 Å². The van der Waals surface area contributed by atoms with Crippen molar-refractivity contribution in [1.29, 1.82) is 0 Å². The van der Waals surface area contributed by atoms with Crippen molar-refractivity contribution in [3.05, 3.63) is 40.6 Å². The molecular weight excluding hydrogens is 334 g/mol. The Bertz CT molecular complexity index is 703. The van der Waals surface area contributed by atoms with Crippen LogP contribution >= 0.6 is 11.6 Å². The van der Waals surface area contributed by atoms with E-state index in [-0.39, 0.29) is 30.3 Å². The van der Waals surface area contributed by atoms with Crippen LogP contribution < -0.4 is 10.6 Å². The fraction of sp³-hybridized carbons (Fsp3) is 0.312. The van der Waals surface area contributed by atoms with Gasteiger partial charge >= 0.3 is 0 Å². The number of carbonyl (C=O) groups excluding carboxylic acids is 3. The van der Waals surface area contributed by atoms with Crippen LogP contribution in [0.4, 0.5) is 5.69 Å². The minimum absolute atomic E-state index is 0.0648. The van der Waals surface area contributed by atoms with E-state index in [0.29, 0.717) is 17.3 Å². The molecule has 0 atom stereocenters. The maximum Gasteiger partial charge on any atom is 0.277 e. The molecule has 24 heavy (non-hydrogen) atoms. The molecule has 0 saturated carbocycles. The number of amides is 3. The van der Waals surface area contributed by atoms with Gasteiger partial charge in [-0.15, -0.1) is 0 Å². The molecule has 1 heterocycles. The Kier molecular flexibility index (Phi) is 5.94. The third-order valence-corrected chi connectivity index (χ3v) is 3.69. The molecule has 2 rings (SSSR count). The molecule has 7 nitrogen and oxygen atoms in total. The first-order chi connectivity index (χ1) is 11.5. The number of rotatable bonds is 7. The molecule has 0 unspecified atom stereocenters. The van der Waals surface area contributed by atoms with Crippen molar-refractivity contribution < 1.29 is 19.5 Å². The summed E-state index contributed by atoms with van der Waals surface area (Å²) in [5.74, 6) is -1.33. The van der Waals surface area contributed by atoms with Crippen molar-refractivity contribution in [2.24, 2.45) is 0 Å². The fourth-order valence-electron chi connectivity index (χ4n) is 2.18. The first-order valence-corrected chi connectivity index (χ1v) is 7.89. The first-order valence-electron chi connectivity index (χ1n) is 7.51. The van der Waals surface area contributed by atoms with Gasteiger partial charge in [0.15, 0.2) is 0 Å². The number of carbonyl (C=O) groups is 3. The Labute approximate surface area is 144 Å². The highest BCUT2D eigenvalue weighted by molar-refractivity contribution is 6.34. The summed E-state index contributed by atoms with van der Waals surface area (Å²) in [5, 5.41) is 14.7. The predicted octanol–water partition coefficient (Wildman–Crippen LogP) is 1.14. The molecule has 3 amide bonds. The SMILES string of the molecule is CCCNC(=O)c1cc(NC2=CC(=O)N(CCO)C2=O)ccc1Cl. The van der Waals surface area contributed by atoms with Gasteiger partial charge in [-0.2, -0.15) is 0 Å². The van der Waals surface area contributed by atoms with E-state index >= 15 is 0 Å². The van der Waals surface area contributed by atoms with E-state index in [2.05, 4.69) is 10.6 Å². The maximum atomic E-state index is 12.1. The topological polar surface area (TPSA) is 98.7 Å². The zero-order valence-electron chi connectivity index (χ0n) is 13.1. The average molecular weight is 352 g/mol. The minimum Gasteiger partial charge on any atom is -0.395 e. The summed E-state index contributed by atoms with van der Waals surface area (Å²) < 4.78 is 0. The number of hydrogen-bond donors (Lipinski definition) is 3. The second-order valence-electron chi connectivity index (χ2n) is 5.15. The van der Waals surface area contributed by atoms with Gasteiger partial charge < -0.3 is 15.7 Å². The molecule has 0 fully saturated rings. The molecule has 0 bridgehead atoms. The van der Waals surface area contributed by atoms with E-state index in [4.69, 9.17) is 16.7 Å². The Morgan fingerprint density at radius 2 is 2.08 bits per heavy atom. The normalized spacial score (nSPS) is 14.0. The number of anilines is 1. The summed E-state index contributed by atoms with van der Waals surface area (Å²) in [6.45, 7) is 2.10. The van der Waals surface area contributed by atoms with Crippen LogP contribution in [-0.2, 0) is 9.59 Å². The molecule has 0 aliphatic carbocycles. The highest BCUT2D eigenvalue weighted by Crippen LogP contribution is 2.23. The summed E-state index contributed by atoms with van der Waals surface area (Å²) in [7, 11) is 0. The lowest BCUT2D eigenvalue weighted by Gasteiger charge is -2.14. The van der Waals surface area contributed by atoms with Gasteiger partial charge in [-0.25, -0.2) is 0 Å². The van der Waals surface area contributed by atoms with Crippen molar-refractivity contribution in [2.75, 3.05) is 25.0 Å². The molecule has 1 aromatic rings. The quantitative estimate of drug-likeness (QED) is 0.640. The molecule has 0 aromatic heterocycles. The number of β-amino-alcohol motifs (C(OH)–C–C–N with tert-alkyl or cyclic N) is 1. The summed E-state index contributed by atoms with van der Waals surface area (Å²) >= 11 is 6.04. The molecule has 0 saturated heterocycles. The third kappa shape index (κ3) is 3.93. The number of halogens is 1. The van der Waals surface area contributed by atoms with E-state index in [1.165, 1.54) is 12.1 Å². The molecular formula is C16H18ClN3O4. The van der Waals surface area contributed by atoms with Gasteiger partial charge in [0.25, 0.3) is 17.7 Å². The maximum absolute atomic E-state index is 12.1. The molecule has 128 valence electrons. The molecule has 1 aromatic carbocycles. The van der Waals surface area contributed by atoms with Crippen LogP contribution in [0.1, 0.15) is 23.7 Å². The zero-order chi connectivity index (χ0) is 17.7. The van der Waals surface area contributed by atoms with Gasteiger partial charge in [0, 0.05) is 18.3 Å². The number of imide groups is 1. The Morgan fingerprint density at radius 1 is 1.33 bits per heavy atom. The highest BCUT2D eigenvalue weighted by atomic mass is 35.5. The largest absolute Gasteiger partial charge is 0.395 e. The Morgan fingerprint density at radius 3 is 2.75 bits per heavy atom. The summed E-state index contributed by atoms with van der Waals surface area (Å²) in [6, 6.07) is 4.66. The molecule has 1 aliphatic heterocycles. The van der Waals surface area contributed by atoms with E-state index < -0.39 is 11.8 Å². The third-order valence-electron chi connectivity index (χ3n) is 3.36. The van der Waals surface area contributed by atoms with Crippen LogP contribution in [0.25, 0.3) is 0 Å². The number of benzene rings is 1. The van der Waals surface area contributed by atoms with Gasteiger partial charge in [0.2, 0.25) is 0 Å². The molecule has 3 N–H and O–H groups in total. The van der Waals surface area contributed by atoms with Gasteiger partial charge in [0.05, 0.1) is 23.7 Å². The number of aliphatic hydroxyl groups is 1. The van der Waals surface area contributed by atoms with E-state index in [0.717, 1.165) is 17.4 Å². The van der Waals surface area contributed by atoms with E-state index in [1.807, 2.05) is 6.92 Å². The van der Waals surface area contributed by atoms with E-state index in [1.54, 1.807) is 6.07 Å². The Hall–Kier alpha value is -2.38. The summed E-state index contributed by atoms with van der Waals surface area (Å²) in [5.41, 5.74) is 0.815. The second kappa shape index (κ2) is 7.94. The number of aliphatic hydroxyl groups excluding tert-OH is 1. The Balaban J connectivity index is 2.16. The smallest absolute Gasteiger partial charge is 0.277 e. The predicted molar refractivity (Wildman–Crippen MR) is 89.6 cm³/mol. The summed E-state index contributed by atoms with van der Waals surface area (Å²) in [6.07, 6.45) is 1.95. The second-order valence-corrected chi connectivity index (χ2v) is 5.56. The van der Waals surface area contributed by atoms with Gasteiger partial charge in [-0.3, -0.25) is 19.3 Å². The zero-order valence-corrected chi connectivity index (χ0v) is 13.9. The number of nitrogens with one attached hydrogen (secondary N) is 2. The lowest BCUT2D eigenvalue weighted by Crippen LogP contribution is -2.34. The van der Waals surface area contributed by atoms with Crippen molar-refractivity contribution in [1.82, 2.24) is 10.2 Å². The minimum atomic E-state index is -0.527. The van der Waals surface area contributed by atoms with Gasteiger partial charge in [-0.1, -0.05) is 18.5 Å². The standard InChI is InChI=1S/C16H18ClN3O4/c1-2-5-18-15(23)11-8-10(3-4-12(11)17)19-13-9-14(22)20(6-7-21)16(13)24/h3-4,8-9,19,21H,2,5-7H2,1H3,(H,18,23). The lowest BCUT2D eigenvalue weighted by atomic mass is 10.1. The van der Waals surface area contributed by atoms with Crippen LogP contribution in [-0.4, -0.2) is 47.4 Å². The van der Waals surface area contributed by atoms with Gasteiger partial charge in [-0.05, 0) is 24.6 Å². The molecule has 1 aliphatic rings. The van der Waals surface area contributed by atoms with Crippen LogP contribution in [0, 0.1) is 0 Å².